The molecule has 0 saturated carbocycles. The van der Waals surface area contributed by atoms with Crippen LogP contribution >= 0.6 is 0 Å². The van der Waals surface area contributed by atoms with E-state index in [2.05, 4.69) is 50.2 Å². The van der Waals surface area contributed by atoms with E-state index < -0.39 is 0 Å². The van der Waals surface area contributed by atoms with Crippen LogP contribution in [0.2, 0.25) is 0 Å². The third-order valence-electron chi connectivity index (χ3n) is 3.32. The summed E-state index contributed by atoms with van der Waals surface area (Å²) >= 11 is 0. The normalized spacial score (nSPS) is 13.1. The predicted molar refractivity (Wildman–Crippen MR) is 84.7 cm³/mol. The number of hydrogen-bond acceptors (Lipinski definition) is 2. The minimum Gasteiger partial charge on any atom is -0.497 e. The summed E-state index contributed by atoms with van der Waals surface area (Å²) in [5.74, 6) is 0.890. The zero-order valence-corrected chi connectivity index (χ0v) is 12.3. The second-order valence-electron chi connectivity index (χ2n) is 4.98. The second kappa shape index (κ2) is 6.90. The van der Waals surface area contributed by atoms with Gasteiger partial charge in [-0.25, -0.2) is 0 Å². The van der Waals surface area contributed by atoms with Gasteiger partial charge in [-0.2, -0.15) is 0 Å². The van der Waals surface area contributed by atoms with Gasteiger partial charge in [-0.15, -0.1) is 0 Å². The molecule has 0 radical (unpaired) electrons. The molecule has 0 N–H and O–H groups in total. The number of benzene rings is 2. The first kappa shape index (κ1) is 14.3. The summed E-state index contributed by atoms with van der Waals surface area (Å²) in [5, 5.41) is 0. The minimum absolute atomic E-state index is 0.203. The monoisotopic (exact) mass is 267 g/mol. The highest BCUT2D eigenvalue weighted by atomic mass is 16.5. The van der Waals surface area contributed by atoms with Gasteiger partial charge >= 0.3 is 0 Å². The van der Waals surface area contributed by atoms with Crippen molar-refractivity contribution in [2.45, 2.75) is 26.3 Å². The summed E-state index contributed by atoms with van der Waals surface area (Å²) in [5.41, 5.74) is 3.65. The predicted octanol–water partition coefficient (Wildman–Crippen LogP) is 4.46. The Morgan fingerprint density at radius 2 is 1.70 bits per heavy atom. The van der Waals surface area contributed by atoms with Crippen LogP contribution in [0.5, 0.6) is 5.75 Å². The Hall–Kier alpha value is -2.09. The van der Waals surface area contributed by atoms with Crippen LogP contribution in [0, 0.1) is 0 Å². The number of nitrogens with zero attached hydrogens (tertiary/aromatic N) is 1. The third kappa shape index (κ3) is 3.95. The van der Waals surface area contributed by atoms with Crippen LogP contribution in [-0.2, 0) is 6.42 Å². The van der Waals surface area contributed by atoms with E-state index in [4.69, 9.17) is 9.73 Å². The summed E-state index contributed by atoms with van der Waals surface area (Å²) in [6.07, 6.45) is 0.876. The van der Waals surface area contributed by atoms with Gasteiger partial charge in [0.2, 0.25) is 0 Å². The van der Waals surface area contributed by atoms with E-state index in [1.807, 2.05) is 18.2 Å². The van der Waals surface area contributed by atoms with Crippen molar-refractivity contribution in [2.75, 3.05) is 7.11 Å². The average molecular weight is 267 g/mol. The van der Waals surface area contributed by atoms with Crippen LogP contribution in [0.15, 0.2) is 59.6 Å². The van der Waals surface area contributed by atoms with Gasteiger partial charge < -0.3 is 4.74 Å². The van der Waals surface area contributed by atoms with Crippen LogP contribution in [0.25, 0.3) is 0 Å². The van der Waals surface area contributed by atoms with Gasteiger partial charge in [0.1, 0.15) is 5.75 Å². The molecule has 0 aliphatic heterocycles. The molecule has 104 valence electrons. The molecule has 0 bridgehead atoms. The lowest BCUT2D eigenvalue weighted by Crippen LogP contribution is -2.01. The summed E-state index contributed by atoms with van der Waals surface area (Å²) in [6, 6.07) is 18.7. The zero-order valence-electron chi connectivity index (χ0n) is 12.3. The first-order valence-corrected chi connectivity index (χ1v) is 6.90. The highest BCUT2D eigenvalue weighted by molar-refractivity contribution is 5.84. The Morgan fingerprint density at radius 1 is 1.05 bits per heavy atom. The molecule has 0 spiro atoms. The summed E-state index contributed by atoms with van der Waals surface area (Å²) in [6.45, 7) is 4.22. The fourth-order valence-corrected chi connectivity index (χ4v) is 2.22. The van der Waals surface area contributed by atoms with Crippen LogP contribution < -0.4 is 4.74 Å². The lowest BCUT2D eigenvalue weighted by atomic mass is 10.1. The first-order valence-electron chi connectivity index (χ1n) is 6.90. The number of hydrogen-bond donors (Lipinski definition) is 0. The van der Waals surface area contributed by atoms with E-state index in [0.717, 1.165) is 17.9 Å². The van der Waals surface area contributed by atoms with E-state index in [9.17, 15) is 0 Å². The van der Waals surface area contributed by atoms with E-state index >= 15 is 0 Å². The molecule has 0 heterocycles. The van der Waals surface area contributed by atoms with Gasteiger partial charge in [-0.05, 0) is 37.1 Å². The molecule has 0 amide bonds. The molecule has 0 unspecified atom stereocenters. The Morgan fingerprint density at radius 3 is 2.30 bits per heavy atom. The smallest absolute Gasteiger partial charge is 0.118 e. The Balaban J connectivity index is 2.03. The van der Waals surface area contributed by atoms with E-state index in [0.29, 0.717) is 0 Å². The van der Waals surface area contributed by atoms with E-state index in [-0.39, 0.29) is 6.04 Å². The highest BCUT2D eigenvalue weighted by Gasteiger charge is 2.03. The lowest BCUT2D eigenvalue weighted by molar-refractivity contribution is 0.414. The molecule has 2 rings (SSSR count). The van der Waals surface area contributed by atoms with Crippen molar-refractivity contribution in [3.63, 3.8) is 0 Å². The molecule has 0 aromatic heterocycles. The SMILES string of the molecule is COc1ccc(CC(C)=N[C@H](C)c2ccccc2)cc1. The Bertz CT molecular complexity index is 558. The van der Waals surface area contributed by atoms with Gasteiger partial charge in [0.15, 0.2) is 0 Å². The maximum atomic E-state index is 5.17. The molecule has 0 aliphatic rings. The molecule has 0 fully saturated rings. The molecule has 20 heavy (non-hydrogen) atoms. The maximum Gasteiger partial charge on any atom is 0.118 e. The maximum absolute atomic E-state index is 5.17. The van der Waals surface area contributed by atoms with Gasteiger partial charge in [-0.3, -0.25) is 4.99 Å². The topological polar surface area (TPSA) is 21.6 Å². The fourth-order valence-electron chi connectivity index (χ4n) is 2.22. The molecule has 2 nitrogen and oxygen atoms in total. The van der Waals surface area contributed by atoms with Crippen LogP contribution in [0.1, 0.15) is 31.0 Å². The van der Waals surface area contributed by atoms with E-state index in [1.165, 1.54) is 11.1 Å². The second-order valence-corrected chi connectivity index (χ2v) is 4.98. The first-order chi connectivity index (χ1) is 9.69. The lowest BCUT2D eigenvalue weighted by Gasteiger charge is -2.09. The Kier molecular flexibility index (Phi) is 4.94. The molecular formula is C18H21NO. The third-order valence-corrected chi connectivity index (χ3v) is 3.32. The van der Waals surface area contributed by atoms with Crippen molar-refractivity contribution in [3.05, 3.63) is 65.7 Å². The molecule has 1 atom stereocenters. The number of methoxy groups -OCH3 is 1. The Labute approximate surface area is 121 Å². The quantitative estimate of drug-likeness (QED) is 0.733. The van der Waals surface area contributed by atoms with Crippen molar-refractivity contribution in [1.29, 1.82) is 0 Å². The van der Waals surface area contributed by atoms with Crippen LogP contribution in [0.4, 0.5) is 0 Å². The fraction of sp³-hybridized carbons (Fsp3) is 0.278. The number of ether oxygens (including phenoxy) is 1. The van der Waals surface area contributed by atoms with Crippen LogP contribution in [-0.4, -0.2) is 12.8 Å². The van der Waals surface area contributed by atoms with Crippen molar-refractivity contribution in [3.8, 4) is 5.75 Å². The van der Waals surface area contributed by atoms with Gasteiger partial charge in [0, 0.05) is 12.1 Å². The zero-order chi connectivity index (χ0) is 14.4. The summed E-state index contributed by atoms with van der Waals surface area (Å²) in [7, 11) is 1.68. The molecule has 2 heteroatoms. The van der Waals surface area contributed by atoms with Gasteiger partial charge in [-0.1, -0.05) is 42.5 Å². The molecule has 0 aliphatic carbocycles. The highest BCUT2D eigenvalue weighted by Crippen LogP contribution is 2.17. The van der Waals surface area contributed by atoms with Crippen molar-refractivity contribution in [1.82, 2.24) is 0 Å². The standard InChI is InChI=1S/C18H21NO/c1-14(13-16-9-11-18(20-3)12-10-16)19-15(2)17-7-5-4-6-8-17/h4-12,15H,13H2,1-3H3/t15-/m1/s1. The molecule has 2 aromatic rings. The summed E-state index contributed by atoms with van der Waals surface area (Å²) < 4.78 is 5.17. The molecular weight excluding hydrogens is 246 g/mol. The van der Waals surface area contributed by atoms with E-state index in [1.54, 1.807) is 7.11 Å². The summed E-state index contributed by atoms with van der Waals surface area (Å²) in [4.78, 5) is 4.77. The molecule has 2 aromatic carbocycles. The van der Waals surface area contributed by atoms with Gasteiger partial charge in [0.05, 0.1) is 13.2 Å². The van der Waals surface area contributed by atoms with Crippen molar-refractivity contribution >= 4 is 5.71 Å². The number of rotatable bonds is 5. The molecule has 0 saturated heterocycles. The number of aliphatic imine (C=N–C) groups is 1. The van der Waals surface area contributed by atoms with Crippen molar-refractivity contribution < 1.29 is 4.74 Å². The largest absolute Gasteiger partial charge is 0.497 e. The van der Waals surface area contributed by atoms with Gasteiger partial charge in [0.25, 0.3) is 0 Å². The van der Waals surface area contributed by atoms with Crippen molar-refractivity contribution in [2.24, 2.45) is 4.99 Å². The van der Waals surface area contributed by atoms with Crippen LogP contribution in [0.3, 0.4) is 0 Å². The minimum atomic E-state index is 0.203. The average Bonchev–Trinajstić information content (AvgIpc) is 2.49.